The largest absolute Gasteiger partial charge is 0.496 e. The number of halogens is 1. The molecule has 4 heteroatoms. The highest BCUT2D eigenvalue weighted by atomic mass is 79.9. The number of carboxylic acids is 1. The SMILES string of the molecule is COc1cc(Br)c(C(=O)O)cc1-c1ccccc1. The molecule has 0 saturated carbocycles. The number of hydrogen-bond donors (Lipinski definition) is 1. The van der Waals surface area contributed by atoms with Crippen LogP contribution in [-0.2, 0) is 0 Å². The highest BCUT2D eigenvalue weighted by Crippen LogP contribution is 2.34. The van der Waals surface area contributed by atoms with Crippen LogP contribution in [0.2, 0.25) is 0 Å². The Balaban J connectivity index is 2.65. The lowest BCUT2D eigenvalue weighted by molar-refractivity contribution is 0.0696. The normalized spacial score (nSPS) is 10.1. The molecule has 0 bridgehead atoms. The van der Waals surface area contributed by atoms with Crippen LogP contribution in [-0.4, -0.2) is 18.2 Å². The van der Waals surface area contributed by atoms with E-state index in [1.165, 1.54) is 0 Å². The number of methoxy groups -OCH3 is 1. The maximum Gasteiger partial charge on any atom is 0.336 e. The molecule has 0 radical (unpaired) electrons. The molecule has 0 saturated heterocycles. The second-order valence-corrected chi connectivity index (χ2v) is 4.56. The molecule has 0 atom stereocenters. The molecule has 0 aliphatic heterocycles. The molecule has 0 unspecified atom stereocenters. The minimum absolute atomic E-state index is 0.217. The van der Waals surface area contributed by atoms with E-state index in [1.54, 1.807) is 19.2 Å². The molecule has 18 heavy (non-hydrogen) atoms. The Morgan fingerprint density at radius 2 is 1.89 bits per heavy atom. The van der Waals surface area contributed by atoms with Crippen molar-refractivity contribution in [2.45, 2.75) is 0 Å². The third-order valence-electron chi connectivity index (χ3n) is 2.60. The van der Waals surface area contributed by atoms with Gasteiger partial charge in [0.15, 0.2) is 0 Å². The first-order chi connectivity index (χ1) is 8.63. The van der Waals surface area contributed by atoms with Crippen LogP contribution in [0, 0.1) is 0 Å². The number of aromatic carboxylic acids is 1. The van der Waals surface area contributed by atoms with Crippen molar-refractivity contribution in [2.24, 2.45) is 0 Å². The van der Waals surface area contributed by atoms with Crippen molar-refractivity contribution in [2.75, 3.05) is 7.11 Å². The first kappa shape index (κ1) is 12.6. The quantitative estimate of drug-likeness (QED) is 0.937. The number of hydrogen-bond acceptors (Lipinski definition) is 2. The molecule has 0 fully saturated rings. The topological polar surface area (TPSA) is 46.5 Å². The summed E-state index contributed by atoms with van der Waals surface area (Å²) in [6.45, 7) is 0. The van der Waals surface area contributed by atoms with Crippen LogP contribution in [0.1, 0.15) is 10.4 Å². The average Bonchev–Trinajstić information content (AvgIpc) is 2.39. The molecular formula is C14H11BrO3. The zero-order valence-electron chi connectivity index (χ0n) is 9.68. The molecule has 3 nitrogen and oxygen atoms in total. The van der Waals surface area contributed by atoms with Gasteiger partial charge < -0.3 is 9.84 Å². The molecule has 2 rings (SSSR count). The van der Waals surface area contributed by atoms with E-state index in [0.29, 0.717) is 10.2 Å². The van der Waals surface area contributed by atoms with E-state index < -0.39 is 5.97 Å². The molecule has 0 aliphatic rings. The molecule has 2 aromatic carbocycles. The third-order valence-corrected chi connectivity index (χ3v) is 3.26. The summed E-state index contributed by atoms with van der Waals surface area (Å²) < 4.78 is 5.80. The molecule has 0 spiro atoms. The molecule has 0 aliphatic carbocycles. The van der Waals surface area contributed by atoms with Gasteiger partial charge in [-0.15, -0.1) is 0 Å². The molecular weight excluding hydrogens is 296 g/mol. The average molecular weight is 307 g/mol. The summed E-state index contributed by atoms with van der Waals surface area (Å²) in [7, 11) is 1.56. The first-order valence-electron chi connectivity index (χ1n) is 5.29. The lowest BCUT2D eigenvalue weighted by Gasteiger charge is -2.11. The van der Waals surface area contributed by atoms with Crippen LogP contribution in [0.4, 0.5) is 0 Å². The van der Waals surface area contributed by atoms with Crippen LogP contribution in [0.3, 0.4) is 0 Å². The zero-order chi connectivity index (χ0) is 13.1. The van der Waals surface area contributed by atoms with Crippen molar-refractivity contribution in [1.29, 1.82) is 0 Å². The lowest BCUT2D eigenvalue weighted by atomic mass is 10.0. The molecule has 92 valence electrons. The van der Waals surface area contributed by atoms with Gasteiger partial charge in [0, 0.05) is 10.0 Å². The zero-order valence-corrected chi connectivity index (χ0v) is 11.3. The van der Waals surface area contributed by atoms with Gasteiger partial charge in [0.25, 0.3) is 0 Å². The molecule has 0 heterocycles. The van der Waals surface area contributed by atoms with Gasteiger partial charge in [-0.3, -0.25) is 0 Å². The van der Waals surface area contributed by atoms with Gasteiger partial charge in [-0.1, -0.05) is 30.3 Å². The van der Waals surface area contributed by atoms with E-state index >= 15 is 0 Å². The van der Waals surface area contributed by atoms with Crippen molar-refractivity contribution in [3.63, 3.8) is 0 Å². The fourth-order valence-corrected chi connectivity index (χ4v) is 2.22. The van der Waals surface area contributed by atoms with Gasteiger partial charge in [-0.25, -0.2) is 4.79 Å². The minimum atomic E-state index is -0.971. The Bertz CT molecular complexity index is 579. The summed E-state index contributed by atoms with van der Waals surface area (Å²) in [4.78, 5) is 11.1. The predicted molar refractivity (Wildman–Crippen MR) is 73.1 cm³/mol. The highest BCUT2D eigenvalue weighted by molar-refractivity contribution is 9.10. The van der Waals surface area contributed by atoms with Gasteiger partial charge in [0.1, 0.15) is 5.75 Å². The lowest BCUT2D eigenvalue weighted by Crippen LogP contribution is -1.99. The van der Waals surface area contributed by atoms with Crippen molar-refractivity contribution in [3.05, 3.63) is 52.5 Å². The predicted octanol–water partition coefficient (Wildman–Crippen LogP) is 3.82. The number of carboxylic acid groups (broad SMARTS) is 1. The van der Waals surface area contributed by atoms with Crippen molar-refractivity contribution in [1.82, 2.24) is 0 Å². The van der Waals surface area contributed by atoms with E-state index in [1.807, 2.05) is 30.3 Å². The Kier molecular flexibility index (Phi) is 3.67. The van der Waals surface area contributed by atoms with Gasteiger partial charge in [-0.05, 0) is 33.6 Å². The van der Waals surface area contributed by atoms with E-state index in [9.17, 15) is 4.79 Å². The summed E-state index contributed by atoms with van der Waals surface area (Å²) in [6, 6.07) is 12.8. The second kappa shape index (κ2) is 5.23. The fourth-order valence-electron chi connectivity index (χ4n) is 1.73. The third kappa shape index (κ3) is 2.38. The van der Waals surface area contributed by atoms with E-state index in [4.69, 9.17) is 9.84 Å². The summed E-state index contributed by atoms with van der Waals surface area (Å²) in [5.41, 5.74) is 1.90. The van der Waals surface area contributed by atoms with Gasteiger partial charge >= 0.3 is 5.97 Å². The Hall–Kier alpha value is -1.81. The van der Waals surface area contributed by atoms with E-state index in [-0.39, 0.29) is 5.56 Å². The maximum absolute atomic E-state index is 11.1. The Labute approximate surface area is 113 Å². The highest BCUT2D eigenvalue weighted by Gasteiger charge is 2.14. The number of carbonyl (C=O) groups is 1. The van der Waals surface area contributed by atoms with Crippen molar-refractivity contribution < 1.29 is 14.6 Å². The molecule has 1 N–H and O–H groups in total. The van der Waals surface area contributed by atoms with Gasteiger partial charge in [-0.2, -0.15) is 0 Å². The van der Waals surface area contributed by atoms with Gasteiger partial charge in [0.05, 0.1) is 12.7 Å². The Morgan fingerprint density at radius 3 is 2.44 bits per heavy atom. The summed E-state index contributed by atoms with van der Waals surface area (Å²) >= 11 is 3.23. The number of ether oxygens (including phenoxy) is 1. The minimum Gasteiger partial charge on any atom is -0.496 e. The first-order valence-corrected chi connectivity index (χ1v) is 6.09. The fraction of sp³-hybridized carbons (Fsp3) is 0.0714. The maximum atomic E-state index is 11.1. The number of rotatable bonds is 3. The monoisotopic (exact) mass is 306 g/mol. The summed E-state index contributed by atoms with van der Waals surface area (Å²) in [5.74, 6) is -0.334. The van der Waals surface area contributed by atoms with E-state index in [2.05, 4.69) is 15.9 Å². The smallest absolute Gasteiger partial charge is 0.336 e. The Morgan fingerprint density at radius 1 is 1.22 bits per heavy atom. The summed E-state index contributed by atoms with van der Waals surface area (Å²) in [6.07, 6.45) is 0. The molecule has 0 amide bonds. The van der Waals surface area contributed by atoms with Crippen LogP contribution >= 0.6 is 15.9 Å². The van der Waals surface area contributed by atoms with Crippen LogP contribution in [0.15, 0.2) is 46.9 Å². The van der Waals surface area contributed by atoms with Gasteiger partial charge in [0.2, 0.25) is 0 Å². The van der Waals surface area contributed by atoms with Crippen molar-refractivity contribution in [3.8, 4) is 16.9 Å². The summed E-state index contributed by atoms with van der Waals surface area (Å²) in [5, 5.41) is 9.13. The standard InChI is InChI=1S/C14H11BrO3/c1-18-13-8-12(15)11(14(16)17)7-10(13)9-5-3-2-4-6-9/h2-8H,1H3,(H,16,17). The van der Waals surface area contributed by atoms with E-state index in [0.717, 1.165) is 11.1 Å². The van der Waals surface area contributed by atoms with Crippen molar-refractivity contribution >= 4 is 21.9 Å². The second-order valence-electron chi connectivity index (χ2n) is 3.70. The van der Waals surface area contributed by atoms with Crippen LogP contribution in [0.5, 0.6) is 5.75 Å². The van der Waals surface area contributed by atoms with Crippen LogP contribution < -0.4 is 4.74 Å². The number of benzene rings is 2. The molecule has 0 aromatic heterocycles. The molecule has 2 aromatic rings. The van der Waals surface area contributed by atoms with Crippen LogP contribution in [0.25, 0.3) is 11.1 Å².